The zero-order chi connectivity index (χ0) is 17.7. The topological polar surface area (TPSA) is 102 Å². The number of hydrogen-bond acceptors (Lipinski definition) is 6. The van der Waals surface area contributed by atoms with Crippen molar-refractivity contribution in [2.75, 3.05) is 33.4 Å². The van der Waals surface area contributed by atoms with Gasteiger partial charge in [0, 0.05) is 18.7 Å². The minimum atomic E-state index is -3.60. The smallest absolute Gasteiger partial charge is 0.328 e. The second-order valence-electron chi connectivity index (χ2n) is 5.26. The molecule has 9 heteroatoms. The first-order valence-electron chi connectivity index (χ1n) is 7.43. The van der Waals surface area contributed by atoms with Crippen LogP contribution in [0.2, 0.25) is 0 Å². The number of carbonyl (C=O) groups is 2. The second kappa shape index (κ2) is 7.73. The Bertz CT molecular complexity index is 695. The molecule has 8 nitrogen and oxygen atoms in total. The first kappa shape index (κ1) is 18.4. The van der Waals surface area contributed by atoms with Crippen molar-refractivity contribution in [1.82, 2.24) is 9.62 Å². The maximum Gasteiger partial charge on any atom is 0.328 e. The molecule has 1 N–H and O–H groups in total. The molecule has 0 saturated carbocycles. The van der Waals surface area contributed by atoms with Crippen LogP contribution in [0.4, 0.5) is 0 Å². The Kier molecular flexibility index (Phi) is 5.92. The predicted octanol–water partition coefficient (Wildman–Crippen LogP) is -0.00120. The van der Waals surface area contributed by atoms with Gasteiger partial charge in [-0.15, -0.1) is 0 Å². The summed E-state index contributed by atoms with van der Waals surface area (Å²) >= 11 is 0. The van der Waals surface area contributed by atoms with Gasteiger partial charge in [-0.2, -0.15) is 4.31 Å². The summed E-state index contributed by atoms with van der Waals surface area (Å²) < 4.78 is 36.0. The molecule has 0 radical (unpaired) electrons. The number of methoxy groups -OCH3 is 1. The first-order valence-corrected chi connectivity index (χ1v) is 8.87. The quantitative estimate of drug-likeness (QED) is 0.745. The zero-order valence-electron chi connectivity index (χ0n) is 13.5. The van der Waals surface area contributed by atoms with Crippen molar-refractivity contribution in [2.24, 2.45) is 0 Å². The number of esters is 1. The van der Waals surface area contributed by atoms with Crippen LogP contribution in [0, 0.1) is 0 Å². The SMILES string of the molecule is COC(=O)[C@@H](C)NC(=O)c1ccc(S(=O)(=O)N2CCOCC2)cc1. The van der Waals surface area contributed by atoms with Crippen LogP contribution in [-0.4, -0.2) is 64.1 Å². The van der Waals surface area contributed by atoms with Gasteiger partial charge in [-0.3, -0.25) is 4.79 Å². The van der Waals surface area contributed by atoms with E-state index in [1.165, 1.54) is 42.6 Å². The fourth-order valence-electron chi connectivity index (χ4n) is 2.23. The fourth-order valence-corrected chi connectivity index (χ4v) is 3.64. The van der Waals surface area contributed by atoms with E-state index in [-0.39, 0.29) is 10.5 Å². The summed E-state index contributed by atoms with van der Waals surface area (Å²) in [4.78, 5) is 23.5. The molecule has 0 bridgehead atoms. The number of ether oxygens (including phenoxy) is 2. The number of sulfonamides is 1. The van der Waals surface area contributed by atoms with E-state index in [1.807, 2.05) is 0 Å². The molecule has 1 aromatic carbocycles. The van der Waals surface area contributed by atoms with E-state index in [4.69, 9.17) is 4.74 Å². The highest BCUT2D eigenvalue weighted by Crippen LogP contribution is 2.17. The number of morpholine rings is 1. The Morgan fingerprint density at radius 3 is 2.33 bits per heavy atom. The lowest BCUT2D eigenvalue weighted by molar-refractivity contribution is -0.142. The lowest BCUT2D eigenvalue weighted by Gasteiger charge is -2.26. The molecular formula is C15H20N2O6S. The van der Waals surface area contributed by atoms with Gasteiger partial charge in [0.2, 0.25) is 10.0 Å². The van der Waals surface area contributed by atoms with Crippen molar-refractivity contribution in [3.05, 3.63) is 29.8 Å². The summed E-state index contributed by atoms with van der Waals surface area (Å²) in [5.41, 5.74) is 0.256. The Morgan fingerprint density at radius 1 is 1.21 bits per heavy atom. The third-order valence-corrected chi connectivity index (χ3v) is 5.54. The summed E-state index contributed by atoms with van der Waals surface area (Å²) in [5.74, 6) is -1.04. The molecule has 1 aliphatic heterocycles. The Labute approximate surface area is 140 Å². The van der Waals surface area contributed by atoms with Crippen molar-refractivity contribution >= 4 is 21.9 Å². The Hall–Kier alpha value is -1.97. The van der Waals surface area contributed by atoms with E-state index in [1.54, 1.807) is 0 Å². The normalized spacial score (nSPS) is 17.1. The van der Waals surface area contributed by atoms with Gasteiger partial charge in [0.1, 0.15) is 6.04 Å². The highest BCUT2D eigenvalue weighted by molar-refractivity contribution is 7.89. The third kappa shape index (κ3) is 4.11. The lowest BCUT2D eigenvalue weighted by atomic mass is 10.2. The van der Waals surface area contributed by atoms with Gasteiger partial charge in [0.25, 0.3) is 5.91 Å². The number of rotatable bonds is 5. The number of benzene rings is 1. The van der Waals surface area contributed by atoms with Crippen LogP contribution in [0.1, 0.15) is 17.3 Å². The second-order valence-corrected chi connectivity index (χ2v) is 7.20. The highest BCUT2D eigenvalue weighted by Gasteiger charge is 2.26. The van der Waals surface area contributed by atoms with Crippen LogP contribution < -0.4 is 5.32 Å². The van der Waals surface area contributed by atoms with Crippen molar-refractivity contribution in [3.8, 4) is 0 Å². The minimum absolute atomic E-state index is 0.113. The average Bonchev–Trinajstić information content (AvgIpc) is 2.61. The van der Waals surface area contributed by atoms with Gasteiger partial charge in [-0.1, -0.05) is 0 Å². The Balaban J connectivity index is 2.09. The maximum atomic E-state index is 12.5. The summed E-state index contributed by atoms with van der Waals surface area (Å²) in [7, 11) is -2.37. The van der Waals surface area contributed by atoms with Crippen LogP contribution in [-0.2, 0) is 24.3 Å². The number of hydrogen-bond donors (Lipinski definition) is 1. The highest BCUT2D eigenvalue weighted by atomic mass is 32.2. The van der Waals surface area contributed by atoms with Crippen LogP contribution in [0.3, 0.4) is 0 Å². The van der Waals surface area contributed by atoms with Crippen molar-refractivity contribution in [3.63, 3.8) is 0 Å². The van der Waals surface area contributed by atoms with Gasteiger partial charge >= 0.3 is 5.97 Å². The molecule has 0 aromatic heterocycles. The van der Waals surface area contributed by atoms with E-state index in [9.17, 15) is 18.0 Å². The molecule has 1 aromatic rings. The van der Waals surface area contributed by atoms with Gasteiger partial charge in [0.15, 0.2) is 0 Å². The summed E-state index contributed by atoms with van der Waals surface area (Å²) in [5, 5.41) is 2.48. The van der Waals surface area contributed by atoms with Gasteiger partial charge in [-0.25, -0.2) is 13.2 Å². The average molecular weight is 356 g/mol. The number of nitrogens with zero attached hydrogens (tertiary/aromatic N) is 1. The molecule has 1 heterocycles. The van der Waals surface area contributed by atoms with E-state index in [2.05, 4.69) is 10.1 Å². The zero-order valence-corrected chi connectivity index (χ0v) is 14.3. The molecule has 0 spiro atoms. The molecule has 1 amide bonds. The van der Waals surface area contributed by atoms with Crippen LogP contribution in [0.5, 0.6) is 0 Å². The van der Waals surface area contributed by atoms with Gasteiger partial charge in [-0.05, 0) is 31.2 Å². The van der Waals surface area contributed by atoms with Gasteiger partial charge < -0.3 is 14.8 Å². The maximum absolute atomic E-state index is 12.5. The Morgan fingerprint density at radius 2 is 1.79 bits per heavy atom. The number of nitrogens with one attached hydrogen (secondary N) is 1. The van der Waals surface area contributed by atoms with Crippen LogP contribution in [0.15, 0.2) is 29.2 Å². The van der Waals surface area contributed by atoms with Crippen LogP contribution >= 0.6 is 0 Å². The summed E-state index contributed by atoms with van der Waals surface area (Å²) in [6.07, 6.45) is 0. The van der Waals surface area contributed by atoms with E-state index in [0.29, 0.717) is 26.3 Å². The summed E-state index contributed by atoms with van der Waals surface area (Å²) in [6, 6.07) is 4.78. The molecule has 2 rings (SSSR count). The molecule has 0 unspecified atom stereocenters. The third-order valence-electron chi connectivity index (χ3n) is 3.63. The van der Waals surface area contributed by atoms with Crippen LogP contribution in [0.25, 0.3) is 0 Å². The van der Waals surface area contributed by atoms with E-state index < -0.39 is 27.9 Å². The summed E-state index contributed by atoms with van der Waals surface area (Å²) in [6.45, 7) is 2.85. The first-order chi connectivity index (χ1) is 11.4. The fraction of sp³-hybridized carbons (Fsp3) is 0.467. The van der Waals surface area contributed by atoms with Crippen molar-refractivity contribution in [1.29, 1.82) is 0 Å². The van der Waals surface area contributed by atoms with E-state index in [0.717, 1.165) is 0 Å². The monoisotopic (exact) mass is 356 g/mol. The number of amides is 1. The largest absolute Gasteiger partial charge is 0.467 e. The van der Waals surface area contributed by atoms with Crippen molar-refractivity contribution < 1.29 is 27.5 Å². The molecule has 1 aliphatic rings. The van der Waals surface area contributed by atoms with Gasteiger partial charge in [0.05, 0.1) is 25.2 Å². The van der Waals surface area contributed by atoms with Crippen molar-refractivity contribution in [2.45, 2.75) is 17.9 Å². The minimum Gasteiger partial charge on any atom is -0.467 e. The molecule has 1 saturated heterocycles. The molecular weight excluding hydrogens is 336 g/mol. The molecule has 1 atom stereocenters. The molecule has 24 heavy (non-hydrogen) atoms. The number of carbonyl (C=O) groups excluding carboxylic acids is 2. The standard InChI is InChI=1S/C15H20N2O6S/c1-11(15(19)22-2)16-14(18)12-3-5-13(6-4-12)24(20,21)17-7-9-23-10-8-17/h3-6,11H,7-10H2,1-2H3,(H,16,18)/t11-/m1/s1. The lowest BCUT2D eigenvalue weighted by Crippen LogP contribution is -2.40. The molecule has 0 aliphatic carbocycles. The predicted molar refractivity (Wildman–Crippen MR) is 85.0 cm³/mol. The molecule has 132 valence electrons. The van der Waals surface area contributed by atoms with E-state index >= 15 is 0 Å². The molecule has 1 fully saturated rings.